The first kappa shape index (κ1) is 9.05. The van der Waals surface area contributed by atoms with Gasteiger partial charge in [0.05, 0.1) is 0 Å². The van der Waals surface area contributed by atoms with Gasteiger partial charge >= 0.3 is 29.6 Å². The fraction of sp³-hybridized carbons (Fsp3) is 0.200. The fourth-order valence-electron chi connectivity index (χ4n) is 1.43. The van der Waals surface area contributed by atoms with Gasteiger partial charge < -0.3 is 1.43 Å². The maximum absolute atomic E-state index is 2.24. The van der Waals surface area contributed by atoms with Crippen LogP contribution in [0.5, 0.6) is 0 Å². The van der Waals surface area contributed by atoms with Gasteiger partial charge in [-0.25, -0.2) is 0 Å². The number of hydrogen-bond donors (Lipinski definition) is 0. The Balaban J connectivity index is 0.000000605. The Hall–Kier alpha value is -0.0400. The maximum Gasteiger partial charge on any atom is 1.00 e. The summed E-state index contributed by atoms with van der Waals surface area (Å²) in [6.07, 6.45) is 4.44. The van der Waals surface area contributed by atoms with Gasteiger partial charge in [-0.15, -0.1) is 0 Å². The second-order valence-corrected chi connectivity index (χ2v) is 2.78. The first-order chi connectivity index (χ1) is 4.88. The maximum atomic E-state index is 2.24. The van der Waals surface area contributed by atoms with Gasteiger partial charge in [-0.2, -0.15) is 0 Å². The fourth-order valence-corrected chi connectivity index (χ4v) is 1.43. The standard InChI is InChI=1S/C10H10.Na.H/c1-8-6-7-9-4-2-3-5-10(8)9;;/h2-8H,1H3;;/q;+1;-1. The molecule has 1 atom stereocenters. The van der Waals surface area contributed by atoms with Crippen LogP contribution in [0.25, 0.3) is 6.08 Å². The minimum atomic E-state index is 0. The monoisotopic (exact) mass is 154 g/mol. The molecule has 0 radical (unpaired) electrons. The molecule has 0 amide bonds. The second kappa shape index (κ2) is 3.57. The number of allylic oxidation sites excluding steroid dienone is 1. The molecule has 52 valence electrons. The molecule has 0 saturated carbocycles. The van der Waals surface area contributed by atoms with Crippen LogP contribution < -0.4 is 29.6 Å². The van der Waals surface area contributed by atoms with Crippen molar-refractivity contribution in [3.63, 3.8) is 0 Å². The molecule has 11 heavy (non-hydrogen) atoms. The van der Waals surface area contributed by atoms with Crippen molar-refractivity contribution in [2.45, 2.75) is 12.8 Å². The quantitative estimate of drug-likeness (QED) is 0.459. The summed E-state index contributed by atoms with van der Waals surface area (Å²) in [5, 5.41) is 0. The van der Waals surface area contributed by atoms with Crippen LogP contribution in [0.3, 0.4) is 0 Å². The van der Waals surface area contributed by atoms with Gasteiger partial charge in [0, 0.05) is 0 Å². The van der Waals surface area contributed by atoms with Crippen LogP contribution >= 0.6 is 0 Å². The van der Waals surface area contributed by atoms with Crippen molar-refractivity contribution in [1.82, 2.24) is 0 Å². The van der Waals surface area contributed by atoms with E-state index in [9.17, 15) is 0 Å². The molecule has 0 heterocycles. The molecule has 0 nitrogen and oxygen atoms in total. The van der Waals surface area contributed by atoms with E-state index in [0.717, 1.165) is 0 Å². The molecule has 0 fully saturated rings. The summed E-state index contributed by atoms with van der Waals surface area (Å²) >= 11 is 0. The van der Waals surface area contributed by atoms with Gasteiger partial charge in [-0.1, -0.05) is 43.3 Å². The number of hydrogen-bond acceptors (Lipinski definition) is 0. The minimum absolute atomic E-state index is 0. The molecule has 1 unspecified atom stereocenters. The van der Waals surface area contributed by atoms with Crippen LogP contribution in [0.15, 0.2) is 30.3 Å². The summed E-state index contributed by atoms with van der Waals surface area (Å²) in [5.41, 5.74) is 2.84. The molecule has 1 aromatic rings. The molecule has 0 bridgehead atoms. The third kappa shape index (κ3) is 1.58. The smallest absolute Gasteiger partial charge is 1.00 e. The van der Waals surface area contributed by atoms with Gasteiger partial charge in [0.1, 0.15) is 0 Å². The Kier molecular flexibility index (Phi) is 2.94. The Morgan fingerprint density at radius 1 is 1.27 bits per heavy atom. The summed E-state index contributed by atoms with van der Waals surface area (Å²) in [6.45, 7) is 2.22. The van der Waals surface area contributed by atoms with Gasteiger partial charge in [-0.3, -0.25) is 0 Å². The SMILES string of the molecule is CC1C=Cc2ccccc21.[H-].[Na+]. The average Bonchev–Trinajstić information content (AvgIpc) is 2.34. The summed E-state index contributed by atoms with van der Waals surface area (Å²) in [6, 6.07) is 8.54. The molecular weight excluding hydrogens is 143 g/mol. The average molecular weight is 154 g/mol. The van der Waals surface area contributed by atoms with Crippen molar-refractivity contribution in [2.75, 3.05) is 0 Å². The Morgan fingerprint density at radius 2 is 2.00 bits per heavy atom. The summed E-state index contributed by atoms with van der Waals surface area (Å²) in [4.78, 5) is 0. The zero-order valence-electron chi connectivity index (χ0n) is 8.04. The normalized spacial score (nSPS) is 19.2. The molecule has 2 rings (SSSR count). The predicted octanol–water partition coefficient (Wildman–Crippen LogP) is -0.0666. The molecule has 1 aromatic carbocycles. The van der Waals surface area contributed by atoms with Crippen LogP contribution in [0, 0.1) is 0 Å². The first-order valence-electron chi connectivity index (χ1n) is 3.65. The molecule has 0 N–H and O–H groups in total. The van der Waals surface area contributed by atoms with E-state index < -0.39 is 0 Å². The van der Waals surface area contributed by atoms with Gasteiger partial charge in [0.25, 0.3) is 0 Å². The van der Waals surface area contributed by atoms with Crippen molar-refractivity contribution in [2.24, 2.45) is 0 Å². The Bertz CT molecular complexity index is 281. The van der Waals surface area contributed by atoms with Crippen LogP contribution in [0.2, 0.25) is 0 Å². The predicted molar refractivity (Wildman–Crippen MR) is 45.0 cm³/mol. The molecule has 0 aliphatic heterocycles. The van der Waals surface area contributed by atoms with E-state index in [2.05, 4.69) is 43.3 Å². The third-order valence-corrected chi connectivity index (χ3v) is 2.05. The van der Waals surface area contributed by atoms with Crippen molar-refractivity contribution in [3.05, 3.63) is 41.5 Å². The zero-order valence-corrected chi connectivity index (χ0v) is 9.04. The van der Waals surface area contributed by atoms with E-state index in [4.69, 9.17) is 0 Å². The minimum Gasteiger partial charge on any atom is -1.00 e. The summed E-state index contributed by atoms with van der Waals surface area (Å²) < 4.78 is 0. The molecule has 1 aliphatic carbocycles. The van der Waals surface area contributed by atoms with E-state index >= 15 is 0 Å². The molecule has 0 saturated heterocycles. The summed E-state index contributed by atoms with van der Waals surface area (Å²) in [5.74, 6) is 0.621. The molecule has 1 aliphatic rings. The van der Waals surface area contributed by atoms with Crippen molar-refractivity contribution >= 4 is 6.08 Å². The summed E-state index contributed by atoms with van der Waals surface area (Å²) in [7, 11) is 0. The first-order valence-corrected chi connectivity index (χ1v) is 3.65. The topological polar surface area (TPSA) is 0 Å². The van der Waals surface area contributed by atoms with Crippen LogP contribution in [0.4, 0.5) is 0 Å². The Labute approximate surface area is 91.1 Å². The van der Waals surface area contributed by atoms with Gasteiger partial charge in [-0.05, 0) is 17.0 Å². The van der Waals surface area contributed by atoms with Gasteiger partial charge in [0.2, 0.25) is 0 Å². The van der Waals surface area contributed by atoms with Crippen LogP contribution in [-0.4, -0.2) is 0 Å². The van der Waals surface area contributed by atoms with Crippen molar-refractivity contribution in [3.8, 4) is 0 Å². The molecular formula is C10H11Na. The van der Waals surface area contributed by atoms with Gasteiger partial charge in [0.15, 0.2) is 0 Å². The Morgan fingerprint density at radius 3 is 2.73 bits per heavy atom. The number of benzene rings is 1. The molecule has 0 aromatic heterocycles. The van der Waals surface area contributed by atoms with E-state index in [1.165, 1.54) is 11.1 Å². The van der Waals surface area contributed by atoms with E-state index in [-0.39, 0.29) is 31.0 Å². The van der Waals surface area contributed by atoms with Crippen LogP contribution in [0.1, 0.15) is 25.4 Å². The molecule has 1 heteroatoms. The van der Waals surface area contributed by atoms with E-state index in [1.807, 2.05) is 0 Å². The zero-order chi connectivity index (χ0) is 6.97. The molecule has 0 spiro atoms. The largest absolute Gasteiger partial charge is 1.00 e. The van der Waals surface area contributed by atoms with E-state index in [1.54, 1.807) is 0 Å². The third-order valence-electron chi connectivity index (χ3n) is 2.05. The number of fused-ring (bicyclic) bond motifs is 1. The second-order valence-electron chi connectivity index (χ2n) is 2.78. The van der Waals surface area contributed by atoms with Crippen molar-refractivity contribution in [1.29, 1.82) is 0 Å². The number of rotatable bonds is 0. The van der Waals surface area contributed by atoms with Crippen molar-refractivity contribution < 1.29 is 31.0 Å². The van der Waals surface area contributed by atoms with E-state index in [0.29, 0.717) is 5.92 Å². The van der Waals surface area contributed by atoms with Crippen LogP contribution in [-0.2, 0) is 0 Å².